The summed E-state index contributed by atoms with van der Waals surface area (Å²) >= 11 is 0. The molecule has 0 amide bonds. The number of methoxy groups -OCH3 is 1. The third-order valence-corrected chi connectivity index (χ3v) is 4.18. The van der Waals surface area contributed by atoms with Crippen LogP contribution in [0.1, 0.15) is 42.4 Å². The van der Waals surface area contributed by atoms with E-state index in [0.717, 1.165) is 30.4 Å². The zero-order valence-electron chi connectivity index (χ0n) is 13.8. The molecular weight excluding hydrogens is 288 g/mol. The highest BCUT2D eigenvalue weighted by molar-refractivity contribution is 5.77. The molecule has 2 rings (SSSR count). The molecule has 0 spiro atoms. The minimum absolute atomic E-state index is 0.528. The summed E-state index contributed by atoms with van der Waals surface area (Å²) in [5, 5.41) is 9.65. The molecule has 2 aromatic rings. The summed E-state index contributed by atoms with van der Waals surface area (Å²) in [5.41, 5.74) is 3.16. The lowest BCUT2D eigenvalue weighted by Crippen LogP contribution is -2.13. The van der Waals surface area contributed by atoms with E-state index in [1.807, 2.05) is 36.4 Å². The molecule has 3 heteroatoms. The standard InChI is InChI=1S/C20H24O3/c1-3-15-12-13-19(23-2)18(14-15)17(20(21)22)11-7-10-16-8-5-4-6-9-16/h4-6,8-9,12-14,17H,3,7,10-11H2,1-2H3,(H,21,22). The molecule has 2 aromatic carbocycles. The molecule has 23 heavy (non-hydrogen) atoms. The van der Waals surface area contributed by atoms with Gasteiger partial charge in [-0.05, 0) is 42.9 Å². The van der Waals surface area contributed by atoms with E-state index < -0.39 is 11.9 Å². The second kappa shape index (κ2) is 8.37. The second-order valence-corrected chi connectivity index (χ2v) is 5.70. The lowest BCUT2D eigenvalue weighted by atomic mass is 9.90. The van der Waals surface area contributed by atoms with Crippen molar-refractivity contribution < 1.29 is 14.6 Å². The van der Waals surface area contributed by atoms with Gasteiger partial charge in [-0.15, -0.1) is 0 Å². The maximum Gasteiger partial charge on any atom is 0.311 e. The van der Waals surface area contributed by atoms with Gasteiger partial charge in [0.25, 0.3) is 0 Å². The van der Waals surface area contributed by atoms with Crippen molar-refractivity contribution in [2.45, 2.75) is 38.5 Å². The quantitative estimate of drug-likeness (QED) is 0.783. The molecule has 0 fully saturated rings. The third-order valence-electron chi connectivity index (χ3n) is 4.18. The first-order chi connectivity index (χ1) is 11.2. The highest BCUT2D eigenvalue weighted by atomic mass is 16.5. The smallest absolute Gasteiger partial charge is 0.311 e. The van der Waals surface area contributed by atoms with Crippen LogP contribution in [0.4, 0.5) is 0 Å². The van der Waals surface area contributed by atoms with E-state index in [9.17, 15) is 9.90 Å². The van der Waals surface area contributed by atoms with Crippen LogP contribution in [0.2, 0.25) is 0 Å². The normalized spacial score (nSPS) is 11.9. The molecule has 0 saturated heterocycles. The predicted octanol–water partition coefficient (Wildman–Crippen LogP) is 4.45. The van der Waals surface area contributed by atoms with Crippen molar-refractivity contribution in [1.29, 1.82) is 0 Å². The highest BCUT2D eigenvalue weighted by Crippen LogP contribution is 2.32. The molecule has 0 aliphatic heterocycles. The van der Waals surface area contributed by atoms with Crippen LogP contribution in [0, 0.1) is 0 Å². The minimum atomic E-state index is -0.787. The van der Waals surface area contributed by atoms with Gasteiger partial charge in [0.2, 0.25) is 0 Å². The third kappa shape index (κ3) is 4.59. The molecule has 0 radical (unpaired) electrons. The summed E-state index contributed by atoms with van der Waals surface area (Å²) in [5.74, 6) is -0.654. The Bertz CT molecular complexity index is 635. The van der Waals surface area contributed by atoms with Crippen molar-refractivity contribution in [3.8, 4) is 5.75 Å². The molecule has 1 atom stereocenters. The summed E-state index contributed by atoms with van der Waals surface area (Å²) in [4.78, 5) is 11.8. The molecule has 3 nitrogen and oxygen atoms in total. The Hall–Kier alpha value is -2.29. The summed E-state index contributed by atoms with van der Waals surface area (Å²) in [7, 11) is 1.59. The van der Waals surface area contributed by atoms with E-state index in [0.29, 0.717) is 12.2 Å². The molecule has 0 aliphatic carbocycles. The van der Waals surface area contributed by atoms with Crippen LogP contribution in [0.15, 0.2) is 48.5 Å². The second-order valence-electron chi connectivity index (χ2n) is 5.70. The fraction of sp³-hybridized carbons (Fsp3) is 0.350. The van der Waals surface area contributed by atoms with Crippen LogP contribution in [-0.4, -0.2) is 18.2 Å². The molecule has 1 N–H and O–H groups in total. The van der Waals surface area contributed by atoms with Crippen molar-refractivity contribution in [3.05, 3.63) is 65.2 Å². The summed E-state index contributed by atoms with van der Waals surface area (Å²) in [6, 6.07) is 16.0. The number of hydrogen-bond acceptors (Lipinski definition) is 2. The Morgan fingerprint density at radius 1 is 1.13 bits per heavy atom. The molecule has 1 unspecified atom stereocenters. The van der Waals surface area contributed by atoms with Crippen molar-refractivity contribution in [2.75, 3.05) is 7.11 Å². The van der Waals surface area contributed by atoms with E-state index in [2.05, 4.69) is 19.1 Å². The van der Waals surface area contributed by atoms with Crippen LogP contribution >= 0.6 is 0 Å². The zero-order valence-corrected chi connectivity index (χ0v) is 13.8. The number of ether oxygens (including phenoxy) is 1. The molecule has 0 aromatic heterocycles. The minimum Gasteiger partial charge on any atom is -0.496 e. The maximum atomic E-state index is 11.8. The predicted molar refractivity (Wildman–Crippen MR) is 92.1 cm³/mol. The monoisotopic (exact) mass is 312 g/mol. The first-order valence-corrected chi connectivity index (χ1v) is 8.09. The number of hydrogen-bond donors (Lipinski definition) is 1. The lowest BCUT2D eigenvalue weighted by Gasteiger charge is -2.17. The average Bonchev–Trinajstić information content (AvgIpc) is 2.58. The summed E-state index contributed by atoms with van der Waals surface area (Å²) in [6.45, 7) is 2.07. The van der Waals surface area contributed by atoms with Crippen LogP contribution < -0.4 is 4.74 Å². The van der Waals surface area contributed by atoms with Crippen molar-refractivity contribution in [2.24, 2.45) is 0 Å². The van der Waals surface area contributed by atoms with Gasteiger partial charge >= 0.3 is 5.97 Å². The molecular formula is C20H24O3. The number of carbonyl (C=O) groups is 1. The van der Waals surface area contributed by atoms with Crippen molar-refractivity contribution in [3.63, 3.8) is 0 Å². The van der Waals surface area contributed by atoms with Crippen molar-refractivity contribution in [1.82, 2.24) is 0 Å². The average molecular weight is 312 g/mol. The Morgan fingerprint density at radius 2 is 1.87 bits per heavy atom. The number of rotatable bonds is 8. The van der Waals surface area contributed by atoms with Gasteiger partial charge in [0.05, 0.1) is 13.0 Å². The van der Waals surface area contributed by atoms with E-state index >= 15 is 0 Å². The van der Waals surface area contributed by atoms with Gasteiger partial charge in [0.15, 0.2) is 0 Å². The van der Waals surface area contributed by atoms with Gasteiger partial charge in [-0.25, -0.2) is 0 Å². The molecule has 0 heterocycles. The zero-order chi connectivity index (χ0) is 16.7. The number of carboxylic acid groups (broad SMARTS) is 1. The Labute approximate surface area is 137 Å². The highest BCUT2D eigenvalue weighted by Gasteiger charge is 2.23. The van der Waals surface area contributed by atoms with Gasteiger partial charge in [-0.3, -0.25) is 4.79 Å². The van der Waals surface area contributed by atoms with E-state index in [4.69, 9.17) is 4.74 Å². The fourth-order valence-corrected chi connectivity index (χ4v) is 2.84. The molecule has 122 valence electrons. The Morgan fingerprint density at radius 3 is 2.48 bits per heavy atom. The first-order valence-electron chi connectivity index (χ1n) is 8.09. The van der Waals surface area contributed by atoms with Crippen LogP contribution in [-0.2, 0) is 17.6 Å². The number of aliphatic carboxylic acids is 1. The Balaban J connectivity index is 2.13. The summed E-state index contributed by atoms with van der Waals surface area (Å²) < 4.78 is 5.38. The largest absolute Gasteiger partial charge is 0.496 e. The first kappa shape index (κ1) is 17.1. The lowest BCUT2D eigenvalue weighted by molar-refractivity contribution is -0.139. The fourth-order valence-electron chi connectivity index (χ4n) is 2.84. The topological polar surface area (TPSA) is 46.5 Å². The van der Waals surface area contributed by atoms with Crippen LogP contribution in [0.3, 0.4) is 0 Å². The van der Waals surface area contributed by atoms with Gasteiger partial charge in [-0.1, -0.05) is 49.4 Å². The SMILES string of the molecule is CCc1ccc(OC)c(C(CCCc2ccccc2)C(=O)O)c1. The van der Waals surface area contributed by atoms with Gasteiger partial charge < -0.3 is 9.84 Å². The summed E-state index contributed by atoms with van der Waals surface area (Å²) in [6.07, 6.45) is 3.21. The maximum absolute atomic E-state index is 11.8. The van der Waals surface area contributed by atoms with E-state index in [1.54, 1.807) is 7.11 Å². The van der Waals surface area contributed by atoms with Gasteiger partial charge in [0, 0.05) is 5.56 Å². The van der Waals surface area contributed by atoms with Crippen LogP contribution in [0.25, 0.3) is 0 Å². The van der Waals surface area contributed by atoms with Crippen LogP contribution in [0.5, 0.6) is 5.75 Å². The number of aryl methyl sites for hydroxylation is 2. The molecule has 0 saturated carbocycles. The number of carboxylic acids is 1. The van der Waals surface area contributed by atoms with Gasteiger partial charge in [-0.2, -0.15) is 0 Å². The van der Waals surface area contributed by atoms with E-state index in [-0.39, 0.29) is 0 Å². The number of benzene rings is 2. The Kier molecular flexibility index (Phi) is 6.21. The van der Waals surface area contributed by atoms with Gasteiger partial charge in [0.1, 0.15) is 5.75 Å². The molecule has 0 aliphatic rings. The molecule has 0 bridgehead atoms. The van der Waals surface area contributed by atoms with Crippen molar-refractivity contribution >= 4 is 5.97 Å². The van der Waals surface area contributed by atoms with E-state index in [1.165, 1.54) is 5.56 Å².